The number of hydrogen-bond acceptors (Lipinski definition) is 5. The highest BCUT2D eigenvalue weighted by molar-refractivity contribution is 6.46. The van der Waals surface area contributed by atoms with Crippen LogP contribution in [-0.4, -0.2) is 33.2 Å². The highest BCUT2D eigenvalue weighted by atomic mass is 35.5. The lowest BCUT2D eigenvalue weighted by Crippen LogP contribution is -2.30. The zero-order chi connectivity index (χ0) is 29.6. The molecule has 1 saturated heterocycles. The summed E-state index contributed by atoms with van der Waals surface area (Å²) in [6, 6.07) is 11.4. The first kappa shape index (κ1) is 32.3. The topological polar surface area (TPSA) is 101 Å². The predicted octanol–water partition coefficient (Wildman–Crippen LogP) is 9.15. The number of nitrogens with zero attached hydrogens (tertiary/aromatic N) is 2. The maximum Gasteiger partial charge on any atom is 0.295 e. The Bertz CT molecular complexity index is 1180. The third-order valence-electron chi connectivity index (χ3n) is 7.83. The standard InChI is InChI=1S/C33H43ClN2O5/c1-2-3-4-5-6-7-8-9-10-11-12-13-14-15-24-35-30(25-16-20-27(34)21-17-25)29(32(38)33(35)39)31(37)26-18-22-28(23-19-26)36(40)41/h16-23,30,37H,2-15,24H2,1H3/t30-/m1/s1. The fraction of sp³-hybridized carbons (Fsp3) is 0.515. The third kappa shape index (κ3) is 9.42. The molecule has 1 aliphatic rings. The van der Waals surface area contributed by atoms with Gasteiger partial charge >= 0.3 is 0 Å². The number of amides is 1. The number of carbonyl (C=O) groups excluding carboxylic acids is 2. The molecule has 0 aliphatic carbocycles. The zero-order valence-electron chi connectivity index (χ0n) is 24.2. The van der Waals surface area contributed by atoms with Crippen LogP contribution in [0.15, 0.2) is 54.1 Å². The van der Waals surface area contributed by atoms with Gasteiger partial charge in [0.05, 0.1) is 16.5 Å². The number of non-ortho nitro benzene ring substituents is 1. The number of halogens is 1. The number of unbranched alkanes of at least 4 members (excludes halogenated alkanes) is 13. The highest BCUT2D eigenvalue weighted by Crippen LogP contribution is 2.40. The number of nitro benzene ring substituents is 1. The van der Waals surface area contributed by atoms with Crippen LogP contribution in [0.1, 0.15) is 114 Å². The van der Waals surface area contributed by atoms with E-state index in [9.17, 15) is 24.8 Å². The average molecular weight is 583 g/mol. The number of likely N-dealkylation sites (tertiary alicyclic amines) is 1. The summed E-state index contributed by atoms with van der Waals surface area (Å²) in [4.78, 5) is 38.3. The molecule has 0 spiro atoms. The van der Waals surface area contributed by atoms with Gasteiger partial charge in [0.2, 0.25) is 0 Å². The molecular weight excluding hydrogens is 540 g/mol. The molecule has 2 aromatic rings. The van der Waals surface area contributed by atoms with Gasteiger partial charge in [0.15, 0.2) is 0 Å². The molecule has 0 saturated carbocycles. The van der Waals surface area contributed by atoms with Gasteiger partial charge in [0, 0.05) is 29.3 Å². The van der Waals surface area contributed by atoms with Gasteiger partial charge in [-0.3, -0.25) is 19.7 Å². The Morgan fingerprint density at radius 2 is 1.29 bits per heavy atom. The monoisotopic (exact) mass is 582 g/mol. The number of hydrogen-bond donors (Lipinski definition) is 1. The minimum absolute atomic E-state index is 0.0171. The molecule has 0 unspecified atom stereocenters. The van der Waals surface area contributed by atoms with Crippen molar-refractivity contribution in [2.45, 2.75) is 103 Å². The lowest BCUT2D eigenvalue weighted by Gasteiger charge is -2.25. The fourth-order valence-electron chi connectivity index (χ4n) is 5.48. The summed E-state index contributed by atoms with van der Waals surface area (Å²) in [5.41, 5.74) is 0.761. The third-order valence-corrected chi connectivity index (χ3v) is 8.08. The number of rotatable bonds is 18. The van der Waals surface area contributed by atoms with Crippen LogP contribution in [0.2, 0.25) is 5.02 Å². The highest BCUT2D eigenvalue weighted by Gasteiger charge is 2.45. The molecule has 222 valence electrons. The number of aliphatic hydroxyl groups excluding tert-OH is 1. The van der Waals surface area contributed by atoms with Gasteiger partial charge in [-0.1, -0.05) is 114 Å². The van der Waals surface area contributed by atoms with Crippen molar-refractivity contribution in [1.82, 2.24) is 4.90 Å². The Morgan fingerprint density at radius 3 is 1.78 bits per heavy atom. The van der Waals surface area contributed by atoms with E-state index in [4.69, 9.17) is 11.6 Å². The molecular formula is C33H43ClN2O5. The van der Waals surface area contributed by atoms with E-state index in [0.717, 1.165) is 25.7 Å². The maximum atomic E-state index is 13.2. The van der Waals surface area contributed by atoms with Crippen LogP contribution in [0.3, 0.4) is 0 Å². The van der Waals surface area contributed by atoms with Crippen molar-refractivity contribution in [3.05, 3.63) is 80.4 Å². The van der Waals surface area contributed by atoms with Gasteiger partial charge in [-0.25, -0.2) is 0 Å². The minimum Gasteiger partial charge on any atom is -0.507 e. The number of ketones is 1. The second-order valence-corrected chi connectivity index (χ2v) is 11.4. The summed E-state index contributed by atoms with van der Waals surface area (Å²) in [6.45, 7) is 2.64. The Hall–Kier alpha value is -3.19. The molecule has 8 heteroatoms. The van der Waals surface area contributed by atoms with Crippen LogP contribution in [0.4, 0.5) is 5.69 Å². The van der Waals surface area contributed by atoms with Gasteiger partial charge in [0.1, 0.15) is 5.76 Å². The van der Waals surface area contributed by atoms with Crippen LogP contribution < -0.4 is 0 Å². The maximum absolute atomic E-state index is 13.2. The summed E-state index contributed by atoms with van der Waals surface area (Å²) in [7, 11) is 0. The van der Waals surface area contributed by atoms with Crippen molar-refractivity contribution < 1.29 is 19.6 Å². The fourth-order valence-corrected chi connectivity index (χ4v) is 5.60. The molecule has 41 heavy (non-hydrogen) atoms. The average Bonchev–Trinajstić information content (AvgIpc) is 3.22. The molecule has 0 aromatic heterocycles. The van der Waals surface area contributed by atoms with E-state index in [1.54, 1.807) is 24.3 Å². The van der Waals surface area contributed by atoms with E-state index >= 15 is 0 Å². The number of nitro groups is 1. The molecule has 0 radical (unpaired) electrons. The van der Waals surface area contributed by atoms with Crippen molar-refractivity contribution in [3.8, 4) is 0 Å². The summed E-state index contributed by atoms with van der Waals surface area (Å²) < 4.78 is 0. The summed E-state index contributed by atoms with van der Waals surface area (Å²) in [6.07, 6.45) is 17.2. The number of aliphatic hydroxyl groups is 1. The van der Waals surface area contributed by atoms with Crippen LogP contribution in [0.25, 0.3) is 5.76 Å². The molecule has 1 heterocycles. The van der Waals surface area contributed by atoms with Crippen LogP contribution in [0.5, 0.6) is 0 Å². The van der Waals surface area contributed by atoms with Crippen molar-refractivity contribution in [3.63, 3.8) is 0 Å². The van der Waals surface area contributed by atoms with Crippen molar-refractivity contribution in [1.29, 1.82) is 0 Å². The molecule has 2 aromatic carbocycles. The molecule has 1 amide bonds. The van der Waals surface area contributed by atoms with E-state index in [1.165, 1.54) is 93.4 Å². The molecule has 1 N–H and O–H groups in total. The zero-order valence-corrected chi connectivity index (χ0v) is 24.9. The Kier molecular flexibility index (Phi) is 13.3. The number of Topliss-reactive ketones (excluding diaryl/α,β-unsaturated/α-hetero) is 1. The number of benzene rings is 2. The van der Waals surface area contributed by atoms with Gasteiger partial charge in [-0.2, -0.15) is 0 Å². The lowest BCUT2D eigenvalue weighted by atomic mass is 9.95. The number of carbonyl (C=O) groups is 2. The van der Waals surface area contributed by atoms with Crippen molar-refractivity contribution in [2.24, 2.45) is 0 Å². The van der Waals surface area contributed by atoms with Crippen LogP contribution in [-0.2, 0) is 9.59 Å². The summed E-state index contributed by atoms with van der Waals surface area (Å²) in [5.74, 6) is -1.75. The van der Waals surface area contributed by atoms with Crippen molar-refractivity contribution >= 4 is 34.7 Å². The van der Waals surface area contributed by atoms with Gasteiger partial charge in [-0.15, -0.1) is 0 Å². The quantitative estimate of drug-likeness (QED) is 0.0471. The van der Waals surface area contributed by atoms with E-state index in [1.807, 2.05) is 0 Å². The largest absolute Gasteiger partial charge is 0.507 e. The van der Waals surface area contributed by atoms with E-state index in [2.05, 4.69) is 6.92 Å². The molecule has 3 rings (SSSR count). The van der Waals surface area contributed by atoms with Gasteiger partial charge in [0.25, 0.3) is 17.4 Å². The molecule has 1 aliphatic heterocycles. The first-order valence-electron chi connectivity index (χ1n) is 15.1. The predicted molar refractivity (Wildman–Crippen MR) is 164 cm³/mol. The molecule has 1 atom stereocenters. The Balaban J connectivity index is 1.56. The Labute approximate surface area is 248 Å². The molecule has 1 fully saturated rings. The Morgan fingerprint density at radius 1 is 0.805 bits per heavy atom. The van der Waals surface area contributed by atoms with Crippen LogP contribution in [0, 0.1) is 10.1 Å². The lowest BCUT2D eigenvalue weighted by molar-refractivity contribution is -0.384. The van der Waals surface area contributed by atoms with Gasteiger partial charge in [-0.05, 0) is 36.2 Å². The van der Waals surface area contributed by atoms with Crippen molar-refractivity contribution in [2.75, 3.05) is 6.54 Å². The first-order chi connectivity index (χ1) is 19.8. The van der Waals surface area contributed by atoms with E-state index < -0.39 is 22.7 Å². The van der Waals surface area contributed by atoms with E-state index in [-0.39, 0.29) is 22.6 Å². The molecule has 7 nitrogen and oxygen atoms in total. The van der Waals surface area contributed by atoms with Gasteiger partial charge < -0.3 is 10.0 Å². The summed E-state index contributed by atoms with van der Waals surface area (Å²) in [5, 5.41) is 22.7. The SMILES string of the molecule is CCCCCCCCCCCCCCCCN1C(=O)C(=O)C(=C(O)c2ccc([N+](=O)[O-])cc2)[C@H]1c1ccc(Cl)cc1. The normalized spacial score (nSPS) is 16.4. The summed E-state index contributed by atoms with van der Waals surface area (Å²) >= 11 is 6.09. The first-order valence-corrected chi connectivity index (χ1v) is 15.5. The van der Waals surface area contributed by atoms with E-state index in [0.29, 0.717) is 17.1 Å². The molecule has 0 bridgehead atoms. The minimum atomic E-state index is -0.760. The van der Waals surface area contributed by atoms with Crippen LogP contribution >= 0.6 is 11.6 Å². The second kappa shape index (κ2) is 16.9. The second-order valence-electron chi connectivity index (χ2n) is 10.9. The smallest absolute Gasteiger partial charge is 0.295 e.